The maximum Gasteiger partial charge on any atom is 0.170 e. The summed E-state index contributed by atoms with van der Waals surface area (Å²) < 4.78 is 25.8. The summed E-state index contributed by atoms with van der Waals surface area (Å²) in [5, 5.41) is 0. The van der Waals surface area contributed by atoms with Gasteiger partial charge in [0, 0.05) is 6.42 Å². The third-order valence-corrected chi connectivity index (χ3v) is 1.61. The molecule has 1 aromatic rings. The van der Waals surface area contributed by atoms with E-state index >= 15 is 0 Å². The van der Waals surface area contributed by atoms with Crippen molar-refractivity contribution < 1.29 is 13.6 Å². The number of nitrogens with two attached hydrogens (primary N) is 1. The Kier molecular flexibility index (Phi) is 3.08. The van der Waals surface area contributed by atoms with Gasteiger partial charge in [-0.25, -0.2) is 8.78 Å². The van der Waals surface area contributed by atoms with Gasteiger partial charge in [0.15, 0.2) is 5.78 Å². The minimum absolute atomic E-state index is 0.0438. The number of Topliss-reactive ketones (excluding diaryl/α,β-unsaturated/α-hetero) is 1. The van der Waals surface area contributed by atoms with Gasteiger partial charge in [-0.05, 0) is 18.7 Å². The maximum absolute atomic E-state index is 12.9. The fourth-order valence-electron chi connectivity index (χ4n) is 1.02. The number of halogens is 2. The van der Waals surface area contributed by atoms with Gasteiger partial charge in [0.1, 0.15) is 11.6 Å². The largest absolute Gasteiger partial charge is 0.330 e. The molecular formula is C9H9F2NO. The van der Waals surface area contributed by atoms with E-state index in [1.165, 1.54) is 6.07 Å². The van der Waals surface area contributed by atoms with Crippen molar-refractivity contribution in [3.8, 4) is 0 Å². The number of hydrogen-bond donors (Lipinski definition) is 1. The van der Waals surface area contributed by atoms with Crippen molar-refractivity contribution >= 4 is 5.78 Å². The van der Waals surface area contributed by atoms with Crippen LogP contribution in [0.5, 0.6) is 0 Å². The first-order chi connectivity index (χ1) is 6.16. The highest BCUT2D eigenvalue weighted by Crippen LogP contribution is 2.13. The molecule has 0 spiro atoms. The van der Waals surface area contributed by atoms with Gasteiger partial charge in [-0.15, -0.1) is 0 Å². The molecule has 2 nitrogen and oxygen atoms in total. The molecule has 1 rings (SSSR count). The highest BCUT2D eigenvalue weighted by Gasteiger charge is 2.15. The standard InChI is InChI=1S/C9H9F2NO/c10-6-2-1-3-7(11)9(6)8(13)4-5-12/h1-3H,4-5,12H2. The van der Waals surface area contributed by atoms with Crippen LogP contribution in [0.1, 0.15) is 16.8 Å². The molecular weight excluding hydrogens is 176 g/mol. The molecule has 0 bridgehead atoms. The third kappa shape index (κ3) is 2.09. The lowest BCUT2D eigenvalue weighted by atomic mass is 10.1. The van der Waals surface area contributed by atoms with Gasteiger partial charge >= 0.3 is 0 Å². The molecule has 4 heteroatoms. The van der Waals surface area contributed by atoms with Crippen LogP contribution in [0.3, 0.4) is 0 Å². The summed E-state index contributed by atoms with van der Waals surface area (Å²) in [6.07, 6.45) is -0.0438. The second kappa shape index (κ2) is 4.09. The zero-order chi connectivity index (χ0) is 9.84. The van der Waals surface area contributed by atoms with E-state index in [1.807, 2.05) is 0 Å². The van der Waals surface area contributed by atoms with Crippen molar-refractivity contribution in [2.45, 2.75) is 6.42 Å². The second-order valence-corrected chi connectivity index (χ2v) is 2.56. The Balaban J connectivity index is 3.05. The summed E-state index contributed by atoms with van der Waals surface area (Å²) in [6, 6.07) is 3.31. The average Bonchev–Trinajstić information content (AvgIpc) is 2.04. The molecule has 0 aliphatic heterocycles. The van der Waals surface area contributed by atoms with E-state index in [0.29, 0.717) is 0 Å². The molecule has 1 aromatic carbocycles. The van der Waals surface area contributed by atoms with Crippen LogP contribution >= 0.6 is 0 Å². The van der Waals surface area contributed by atoms with E-state index in [4.69, 9.17) is 5.73 Å². The Bertz CT molecular complexity index is 305. The van der Waals surface area contributed by atoms with E-state index < -0.39 is 23.0 Å². The van der Waals surface area contributed by atoms with Crippen LogP contribution in [0.25, 0.3) is 0 Å². The van der Waals surface area contributed by atoms with Crippen molar-refractivity contribution in [1.29, 1.82) is 0 Å². The quantitative estimate of drug-likeness (QED) is 0.725. The Morgan fingerprint density at radius 1 is 1.31 bits per heavy atom. The van der Waals surface area contributed by atoms with E-state index in [9.17, 15) is 13.6 Å². The summed E-state index contributed by atoms with van der Waals surface area (Å²) in [5.41, 5.74) is 4.61. The van der Waals surface area contributed by atoms with Crippen LogP contribution < -0.4 is 5.73 Å². The Hall–Kier alpha value is -1.29. The van der Waals surface area contributed by atoms with E-state index in [2.05, 4.69) is 0 Å². The van der Waals surface area contributed by atoms with Gasteiger partial charge in [0.25, 0.3) is 0 Å². The normalized spacial score (nSPS) is 10.1. The molecule has 2 N–H and O–H groups in total. The topological polar surface area (TPSA) is 43.1 Å². The van der Waals surface area contributed by atoms with Gasteiger partial charge in [-0.2, -0.15) is 0 Å². The zero-order valence-electron chi connectivity index (χ0n) is 6.89. The molecule has 0 saturated carbocycles. The molecule has 0 amide bonds. The summed E-state index contributed by atoms with van der Waals surface area (Å²) in [6.45, 7) is 0.0899. The predicted molar refractivity (Wildman–Crippen MR) is 44.4 cm³/mol. The number of benzene rings is 1. The smallest absolute Gasteiger partial charge is 0.170 e. The van der Waals surface area contributed by atoms with Gasteiger partial charge in [-0.3, -0.25) is 4.79 Å². The minimum atomic E-state index is -0.835. The number of carbonyl (C=O) groups excluding carboxylic acids is 1. The SMILES string of the molecule is NCCC(=O)c1c(F)cccc1F. The van der Waals surface area contributed by atoms with Crippen molar-refractivity contribution in [2.24, 2.45) is 5.73 Å². The molecule has 0 saturated heterocycles. The lowest BCUT2D eigenvalue weighted by Gasteiger charge is -2.01. The fraction of sp³-hybridized carbons (Fsp3) is 0.222. The molecule has 0 radical (unpaired) electrons. The van der Waals surface area contributed by atoms with Gasteiger partial charge in [0.05, 0.1) is 5.56 Å². The van der Waals surface area contributed by atoms with Crippen LogP contribution in [0.2, 0.25) is 0 Å². The molecule has 70 valence electrons. The van der Waals surface area contributed by atoms with Crippen LogP contribution in [0, 0.1) is 11.6 Å². The molecule has 0 fully saturated rings. The number of ketones is 1. The van der Waals surface area contributed by atoms with Gasteiger partial charge in [-0.1, -0.05) is 6.07 Å². The molecule has 0 unspecified atom stereocenters. The van der Waals surface area contributed by atoms with Gasteiger partial charge in [0.2, 0.25) is 0 Å². The highest BCUT2D eigenvalue weighted by molar-refractivity contribution is 5.96. The lowest BCUT2D eigenvalue weighted by molar-refractivity contribution is 0.0977. The summed E-state index contributed by atoms with van der Waals surface area (Å²) in [5.74, 6) is -2.27. The van der Waals surface area contributed by atoms with Crippen LogP contribution in [0.4, 0.5) is 8.78 Å². The van der Waals surface area contributed by atoms with Crippen LogP contribution in [0.15, 0.2) is 18.2 Å². The molecule has 0 atom stereocenters. The van der Waals surface area contributed by atoms with Crippen molar-refractivity contribution in [3.05, 3.63) is 35.4 Å². The maximum atomic E-state index is 12.9. The molecule has 13 heavy (non-hydrogen) atoms. The van der Waals surface area contributed by atoms with Crippen molar-refractivity contribution in [3.63, 3.8) is 0 Å². The molecule has 0 aromatic heterocycles. The number of carbonyl (C=O) groups is 1. The minimum Gasteiger partial charge on any atom is -0.330 e. The summed E-state index contributed by atoms with van der Waals surface area (Å²) in [7, 11) is 0. The first kappa shape index (κ1) is 9.80. The van der Waals surface area contributed by atoms with E-state index in [-0.39, 0.29) is 13.0 Å². The predicted octanol–water partition coefficient (Wildman–Crippen LogP) is 1.50. The van der Waals surface area contributed by atoms with Crippen molar-refractivity contribution in [1.82, 2.24) is 0 Å². The Labute approximate surface area is 74.4 Å². The number of hydrogen-bond acceptors (Lipinski definition) is 2. The monoisotopic (exact) mass is 185 g/mol. The first-order valence-corrected chi connectivity index (χ1v) is 3.84. The molecule has 0 aliphatic rings. The highest BCUT2D eigenvalue weighted by atomic mass is 19.1. The Morgan fingerprint density at radius 3 is 2.31 bits per heavy atom. The summed E-state index contributed by atoms with van der Waals surface area (Å²) >= 11 is 0. The Morgan fingerprint density at radius 2 is 1.85 bits per heavy atom. The first-order valence-electron chi connectivity index (χ1n) is 3.84. The van der Waals surface area contributed by atoms with E-state index in [1.54, 1.807) is 0 Å². The average molecular weight is 185 g/mol. The van der Waals surface area contributed by atoms with E-state index in [0.717, 1.165) is 12.1 Å². The summed E-state index contributed by atoms with van der Waals surface area (Å²) in [4.78, 5) is 11.1. The van der Waals surface area contributed by atoms with Gasteiger partial charge < -0.3 is 5.73 Å². The van der Waals surface area contributed by atoms with Crippen molar-refractivity contribution in [2.75, 3.05) is 6.54 Å². The lowest BCUT2D eigenvalue weighted by Crippen LogP contribution is -2.11. The third-order valence-electron chi connectivity index (χ3n) is 1.61. The molecule has 0 aliphatic carbocycles. The second-order valence-electron chi connectivity index (χ2n) is 2.56. The fourth-order valence-corrected chi connectivity index (χ4v) is 1.02. The zero-order valence-corrected chi connectivity index (χ0v) is 6.89. The van der Waals surface area contributed by atoms with Crippen LogP contribution in [-0.4, -0.2) is 12.3 Å². The van der Waals surface area contributed by atoms with Crippen LogP contribution in [-0.2, 0) is 0 Å². The molecule has 0 heterocycles. The number of rotatable bonds is 3.